The van der Waals surface area contributed by atoms with Crippen LogP contribution in [0.5, 0.6) is 0 Å². The van der Waals surface area contributed by atoms with Crippen molar-refractivity contribution in [3.05, 3.63) is 23.4 Å². The summed E-state index contributed by atoms with van der Waals surface area (Å²) in [7, 11) is 1.85. The maximum Gasteiger partial charge on any atom is 0.0958 e. The lowest BCUT2D eigenvalue weighted by atomic mass is 10.2. The predicted molar refractivity (Wildman–Crippen MR) is 50.1 cm³/mol. The summed E-state index contributed by atoms with van der Waals surface area (Å²) >= 11 is 5.94. The molecular formula is C8H8ClN3. The van der Waals surface area contributed by atoms with Gasteiger partial charge in [-0.3, -0.25) is 4.68 Å². The van der Waals surface area contributed by atoms with Crippen LogP contribution in [0.4, 0.5) is 5.69 Å². The van der Waals surface area contributed by atoms with E-state index in [1.165, 1.54) is 0 Å². The SMILES string of the molecule is Cn1cc2c(Cl)cc(N)cc2n1. The van der Waals surface area contributed by atoms with Gasteiger partial charge in [0.15, 0.2) is 0 Å². The molecule has 1 aromatic heterocycles. The van der Waals surface area contributed by atoms with E-state index < -0.39 is 0 Å². The lowest BCUT2D eigenvalue weighted by molar-refractivity contribution is 0.780. The van der Waals surface area contributed by atoms with Crippen molar-refractivity contribution < 1.29 is 0 Å². The van der Waals surface area contributed by atoms with Crippen LogP contribution in [0.2, 0.25) is 5.02 Å². The van der Waals surface area contributed by atoms with Crippen molar-refractivity contribution in [2.45, 2.75) is 0 Å². The third-order valence-electron chi connectivity index (χ3n) is 1.71. The van der Waals surface area contributed by atoms with Crippen LogP contribution in [0, 0.1) is 0 Å². The Hall–Kier alpha value is -1.22. The standard InChI is InChI=1S/C8H8ClN3/c1-12-4-6-7(9)2-5(10)3-8(6)11-12/h2-4H,10H2,1H3. The minimum absolute atomic E-state index is 0.645. The molecule has 62 valence electrons. The number of hydrogen-bond donors (Lipinski definition) is 1. The van der Waals surface area contributed by atoms with E-state index in [4.69, 9.17) is 17.3 Å². The number of fused-ring (bicyclic) bond motifs is 1. The molecule has 0 aliphatic carbocycles. The Bertz CT molecular complexity index is 433. The number of hydrogen-bond acceptors (Lipinski definition) is 2. The van der Waals surface area contributed by atoms with E-state index in [1.807, 2.05) is 13.2 Å². The molecule has 0 atom stereocenters. The molecule has 0 saturated heterocycles. The lowest BCUT2D eigenvalue weighted by Gasteiger charge is -1.94. The Morgan fingerprint density at radius 1 is 1.50 bits per heavy atom. The second-order valence-electron chi connectivity index (χ2n) is 2.74. The highest BCUT2D eigenvalue weighted by atomic mass is 35.5. The molecule has 0 fully saturated rings. The molecule has 0 aliphatic rings. The van der Waals surface area contributed by atoms with Gasteiger partial charge in [-0.1, -0.05) is 11.6 Å². The minimum atomic E-state index is 0.645. The van der Waals surface area contributed by atoms with Crippen molar-refractivity contribution in [3.8, 4) is 0 Å². The van der Waals surface area contributed by atoms with E-state index in [-0.39, 0.29) is 0 Å². The van der Waals surface area contributed by atoms with E-state index in [2.05, 4.69) is 5.10 Å². The second-order valence-corrected chi connectivity index (χ2v) is 3.15. The summed E-state index contributed by atoms with van der Waals surface area (Å²) in [5.41, 5.74) is 7.08. The van der Waals surface area contributed by atoms with Crippen molar-refractivity contribution in [2.24, 2.45) is 7.05 Å². The average molecular weight is 182 g/mol. The Morgan fingerprint density at radius 2 is 2.25 bits per heavy atom. The molecule has 0 amide bonds. The molecular weight excluding hydrogens is 174 g/mol. The van der Waals surface area contributed by atoms with E-state index in [1.54, 1.807) is 16.8 Å². The normalized spacial score (nSPS) is 10.8. The van der Waals surface area contributed by atoms with E-state index in [9.17, 15) is 0 Å². The Morgan fingerprint density at radius 3 is 3.00 bits per heavy atom. The number of nitrogens with zero attached hydrogens (tertiary/aromatic N) is 2. The molecule has 0 unspecified atom stereocenters. The van der Waals surface area contributed by atoms with E-state index in [0.29, 0.717) is 10.7 Å². The van der Waals surface area contributed by atoms with Crippen LogP contribution in [-0.4, -0.2) is 9.78 Å². The van der Waals surface area contributed by atoms with Crippen molar-refractivity contribution in [1.29, 1.82) is 0 Å². The van der Waals surface area contributed by atoms with Crippen molar-refractivity contribution >= 4 is 28.2 Å². The largest absolute Gasteiger partial charge is 0.399 e. The summed E-state index contributed by atoms with van der Waals surface area (Å²) in [5.74, 6) is 0. The summed E-state index contributed by atoms with van der Waals surface area (Å²) in [6.45, 7) is 0. The molecule has 2 N–H and O–H groups in total. The Labute approximate surface area is 74.7 Å². The number of benzene rings is 1. The average Bonchev–Trinajstić information content (AvgIpc) is 2.29. The van der Waals surface area contributed by atoms with Gasteiger partial charge in [0.2, 0.25) is 0 Å². The lowest BCUT2D eigenvalue weighted by Crippen LogP contribution is -1.86. The van der Waals surface area contributed by atoms with Crippen LogP contribution in [-0.2, 0) is 7.05 Å². The molecule has 0 saturated carbocycles. The number of nitrogens with two attached hydrogens (primary N) is 1. The van der Waals surface area contributed by atoms with Crippen LogP contribution in [0.15, 0.2) is 18.3 Å². The summed E-state index contributed by atoms with van der Waals surface area (Å²) in [4.78, 5) is 0. The molecule has 1 aromatic carbocycles. The molecule has 2 aromatic rings. The van der Waals surface area contributed by atoms with Gasteiger partial charge in [-0.05, 0) is 12.1 Å². The van der Waals surface area contributed by atoms with Crippen LogP contribution < -0.4 is 5.73 Å². The molecule has 12 heavy (non-hydrogen) atoms. The minimum Gasteiger partial charge on any atom is -0.399 e. The Balaban J connectivity index is 2.88. The predicted octanol–water partition coefficient (Wildman–Crippen LogP) is 1.81. The number of aromatic nitrogens is 2. The molecule has 0 spiro atoms. The fourth-order valence-electron chi connectivity index (χ4n) is 1.22. The van der Waals surface area contributed by atoms with E-state index >= 15 is 0 Å². The van der Waals surface area contributed by atoms with Gasteiger partial charge in [0.25, 0.3) is 0 Å². The molecule has 0 radical (unpaired) electrons. The first-order valence-electron chi connectivity index (χ1n) is 3.55. The van der Waals surface area contributed by atoms with Gasteiger partial charge >= 0.3 is 0 Å². The number of nitrogen functional groups attached to an aromatic ring is 1. The summed E-state index contributed by atoms with van der Waals surface area (Å²) in [6.07, 6.45) is 1.87. The van der Waals surface area contributed by atoms with Crippen LogP contribution in [0.3, 0.4) is 0 Å². The summed E-state index contributed by atoms with van der Waals surface area (Å²) < 4.78 is 1.72. The van der Waals surface area contributed by atoms with Gasteiger partial charge in [0, 0.05) is 24.3 Å². The van der Waals surface area contributed by atoms with Crippen LogP contribution in [0.25, 0.3) is 10.9 Å². The zero-order valence-electron chi connectivity index (χ0n) is 6.58. The number of rotatable bonds is 0. The smallest absolute Gasteiger partial charge is 0.0958 e. The van der Waals surface area contributed by atoms with Crippen molar-refractivity contribution in [3.63, 3.8) is 0 Å². The zero-order chi connectivity index (χ0) is 8.72. The van der Waals surface area contributed by atoms with Gasteiger partial charge in [-0.15, -0.1) is 0 Å². The molecule has 4 heteroatoms. The quantitative estimate of drug-likeness (QED) is 0.630. The van der Waals surface area contributed by atoms with Gasteiger partial charge in [0.1, 0.15) is 0 Å². The van der Waals surface area contributed by atoms with Gasteiger partial charge < -0.3 is 5.73 Å². The maximum absolute atomic E-state index is 5.94. The highest BCUT2D eigenvalue weighted by molar-refractivity contribution is 6.35. The molecule has 3 nitrogen and oxygen atoms in total. The molecule has 2 rings (SSSR count). The van der Waals surface area contributed by atoms with Gasteiger partial charge in [-0.25, -0.2) is 0 Å². The monoisotopic (exact) mass is 181 g/mol. The fraction of sp³-hybridized carbons (Fsp3) is 0.125. The van der Waals surface area contributed by atoms with Crippen LogP contribution >= 0.6 is 11.6 Å². The summed E-state index contributed by atoms with van der Waals surface area (Å²) in [5, 5.41) is 5.78. The van der Waals surface area contributed by atoms with Gasteiger partial charge in [-0.2, -0.15) is 5.10 Å². The zero-order valence-corrected chi connectivity index (χ0v) is 7.34. The Kier molecular flexibility index (Phi) is 1.48. The van der Waals surface area contributed by atoms with Crippen molar-refractivity contribution in [2.75, 3.05) is 5.73 Å². The topological polar surface area (TPSA) is 43.8 Å². The van der Waals surface area contributed by atoms with Crippen LogP contribution in [0.1, 0.15) is 0 Å². The van der Waals surface area contributed by atoms with Crippen molar-refractivity contribution in [1.82, 2.24) is 9.78 Å². The van der Waals surface area contributed by atoms with E-state index in [0.717, 1.165) is 10.9 Å². The number of anilines is 1. The summed E-state index contributed by atoms with van der Waals surface area (Å²) in [6, 6.07) is 3.53. The highest BCUT2D eigenvalue weighted by Crippen LogP contribution is 2.24. The first kappa shape index (κ1) is 7.43. The number of aryl methyl sites for hydroxylation is 1. The molecule has 0 bridgehead atoms. The van der Waals surface area contributed by atoms with Gasteiger partial charge in [0.05, 0.1) is 10.5 Å². The second kappa shape index (κ2) is 2.38. The first-order valence-corrected chi connectivity index (χ1v) is 3.93. The molecule has 1 heterocycles. The maximum atomic E-state index is 5.94. The third kappa shape index (κ3) is 1.02. The molecule has 0 aliphatic heterocycles. The first-order chi connectivity index (χ1) is 5.66. The highest BCUT2D eigenvalue weighted by Gasteiger charge is 2.03. The fourth-order valence-corrected chi connectivity index (χ4v) is 1.49. The third-order valence-corrected chi connectivity index (χ3v) is 2.02. The number of halogens is 1.